The second kappa shape index (κ2) is 2.66. The number of nitrogen functional groups attached to an aromatic ring is 1. The number of nitrogens with two attached hydrogens (primary N) is 1. The van der Waals surface area contributed by atoms with Gasteiger partial charge in [-0.1, -0.05) is 18.2 Å². The molecule has 0 aliphatic rings. The van der Waals surface area contributed by atoms with E-state index in [-0.39, 0.29) is 5.15 Å². The molecule has 10 heavy (non-hydrogen) atoms. The van der Waals surface area contributed by atoms with Crippen LogP contribution in [0.3, 0.4) is 0 Å². The molecule has 0 aliphatic carbocycles. The summed E-state index contributed by atoms with van der Waals surface area (Å²) in [6.07, 6.45) is 2.87. The molecule has 1 heterocycles. The first kappa shape index (κ1) is 7.02. The number of hydrogen-bond donors (Lipinski definition) is 1. The molecule has 0 saturated heterocycles. The Bertz CT molecular complexity index is 259. The quantitative estimate of drug-likeness (QED) is 0.623. The average molecular weight is 156 g/mol. The minimum atomic E-state index is 0.268. The van der Waals surface area contributed by atoms with E-state index in [0.29, 0.717) is 11.4 Å². The van der Waals surface area contributed by atoms with Crippen LogP contribution in [0.25, 0.3) is 6.08 Å². The van der Waals surface area contributed by atoms with Gasteiger partial charge in [-0.15, -0.1) is 0 Å². The smallest absolute Gasteiger partial charge is 0.155 e. The molecular formula is C6H6ClN3. The minimum Gasteiger partial charge on any atom is -0.394 e. The highest BCUT2D eigenvalue weighted by molar-refractivity contribution is 6.32. The SMILES string of the molecule is C=Cc1ncnc(Cl)c1N. The molecule has 4 heteroatoms. The predicted molar refractivity (Wildman–Crippen MR) is 41.5 cm³/mol. The molecule has 0 amide bonds. The van der Waals surface area contributed by atoms with Crippen LogP contribution in [0, 0.1) is 0 Å². The molecule has 52 valence electrons. The third kappa shape index (κ3) is 1.09. The summed E-state index contributed by atoms with van der Waals surface area (Å²) in [5, 5.41) is 0.268. The fraction of sp³-hybridized carbons (Fsp3) is 0. The highest BCUT2D eigenvalue weighted by Gasteiger charge is 2.00. The molecule has 1 aromatic rings. The first-order chi connectivity index (χ1) is 4.75. The fourth-order valence-corrected chi connectivity index (χ4v) is 0.690. The number of anilines is 1. The second-order valence-corrected chi connectivity index (χ2v) is 2.03. The number of rotatable bonds is 1. The zero-order valence-corrected chi connectivity index (χ0v) is 5.97. The highest BCUT2D eigenvalue weighted by atomic mass is 35.5. The van der Waals surface area contributed by atoms with Gasteiger partial charge in [0.15, 0.2) is 5.15 Å². The molecule has 0 atom stereocenters. The molecule has 0 spiro atoms. The van der Waals surface area contributed by atoms with Crippen molar-refractivity contribution < 1.29 is 0 Å². The molecule has 0 aromatic carbocycles. The van der Waals surface area contributed by atoms with E-state index < -0.39 is 0 Å². The lowest BCUT2D eigenvalue weighted by Crippen LogP contribution is -1.95. The molecule has 0 bridgehead atoms. The molecule has 3 nitrogen and oxygen atoms in total. The zero-order valence-electron chi connectivity index (χ0n) is 5.21. The van der Waals surface area contributed by atoms with E-state index in [4.69, 9.17) is 17.3 Å². The van der Waals surface area contributed by atoms with Crippen molar-refractivity contribution in [3.63, 3.8) is 0 Å². The van der Waals surface area contributed by atoms with E-state index in [1.54, 1.807) is 0 Å². The lowest BCUT2D eigenvalue weighted by molar-refractivity contribution is 1.16. The van der Waals surface area contributed by atoms with Crippen molar-refractivity contribution >= 4 is 23.4 Å². The molecule has 0 aliphatic heterocycles. The summed E-state index contributed by atoms with van der Waals surface area (Å²) in [6, 6.07) is 0. The maximum Gasteiger partial charge on any atom is 0.155 e. The number of nitrogens with zero attached hydrogens (tertiary/aromatic N) is 2. The Balaban J connectivity index is 3.27. The van der Waals surface area contributed by atoms with Crippen LogP contribution in [0.2, 0.25) is 5.15 Å². The van der Waals surface area contributed by atoms with Gasteiger partial charge in [0.1, 0.15) is 6.33 Å². The van der Waals surface area contributed by atoms with E-state index >= 15 is 0 Å². The van der Waals surface area contributed by atoms with Crippen LogP contribution in [0.1, 0.15) is 5.69 Å². The Labute approximate surface area is 63.6 Å². The predicted octanol–water partition coefficient (Wildman–Crippen LogP) is 1.36. The van der Waals surface area contributed by atoms with Crippen molar-refractivity contribution in [1.29, 1.82) is 0 Å². The van der Waals surface area contributed by atoms with Crippen LogP contribution in [0.4, 0.5) is 5.69 Å². The van der Waals surface area contributed by atoms with Gasteiger partial charge in [0.25, 0.3) is 0 Å². The van der Waals surface area contributed by atoms with Crippen molar-refractivity contribution in [2.75, 3.05) is 5.73 Å². The number of aromatic nitrogens is 2. The Morgan fingerprint density at radius 3 is 2.80 bits per heavy atom. The topological polar surface area (TPSA) is 51.8 Å². The number of halogens is 1. The van der Waals surface area contributed by atoms with Crippen LogP contribution in [-0.2, 0) is 0 Å². The standard InChI is InChI=1S/C6H6ClN3/c1-2-4-5(8)6(7)10-3-9-4/h2-3H,1,8H2. The lowest BCUT2D eigenvalue weighted by Gasteiger charge is -1.97. The highest BCUT2D eigenvalue weighted by Crippen LogP contribution is 2.17. The van der Waals surface area contributed by atoms with Gasteiger partial charge in [-0.2, -0.15) is 0 Å². The van der Waals surface area contributed by atoms with E-state index in [0.717, 1.165) is 0 Å². The Morgan fingerprint density at radius 1 is 1.60 bits per heavy atom. The normalized spacial score (nSPS) is 9.30. The maximum atomic E-state index is 5.57. The summed E-state index contributed by atoms with van der Waals surface area (Å²) in [5.41, 5.74) is 6.41. The number of hydrogen-bond acceptors (Lipinski definition) is 3. The van der Waals surface area contributed by atoms with Gasteiger partial charge in [0.05, 0.1) is 11.4 Å². The molecular weight excluding hydrogens is 150 g/mol. The first-order valence-electron chi connectivity index (χ1n) is 2.64. The summed E-state index contributed by atoms with van der Waals surface area (Å²) in [7, 11) is 0. The van der Waals surface area contributed by atoms with Crippen LogP contribution in [-0.4, -0.2) is 9.97 Å². The third-order valence-corrected chi connectivity index (χ3v) is 1.36. The molecule has 0 saturated carbocycles. The summed E-state index contributed by atoms with van der Waals surface area (Å²) in [5.74, 6) is 0. The van der Waals surface area contributed by atoms with Gasteiger partial charge in [-0.05, 0) is 6.08 Å². The van der Waals surface area contributed by atoms with Crippen molar-refractivity contribution in [2.45, 2.75) is 0 Å². The summed E-state index contributed by atoms with van der Waals surface area (Å²) < 4.78 is 0. The van der Waals surface area contributed by atoms with E-state index in [9.17, 15) is 0 Å². The van der Waals surface area contributed by atoms with Crippen molar-refractivity contribution in [3.8, 4) is 0 Å². The average Bonchev–Trinajstić information content (AvgIpc) is 1.95. The Kier molecular flexibility index (Phi) is 1.87. The zero-order chi connectivity index (χ0) is 7.56. The van der Waals surface area contributed by atoms with Crippen molar-refractivity contribution in [1.82, 2.24) is 9.97 Å². The van der Waals surface area contributed by atoms with Crippen LogP contribution >= 0.6 is 11.6 Å². The van der Waals surface area contributed by atoms with Crippen molar-refractivity contribution in [2.24, 2.45) is 0 Å². The van der Waals surface area contributed by atoms with Crippen LogP contribution < -0.4 is 5.73 Å². The molecule has 1 aromatic heterocycles. The van der Waals surface area contributed by atoms with Crippen LogP contribution in [0.5, 0.6) is 0 Å². The Morgan fingerprint density at radius 2 is 2.30 bits per heavy atom. The van der Waals surface area contributed by atoms with Gasteiger partial charge < -0.3 is 5.73 Å². The van der Waals surface area contributed by atoms with Gasteiger partial charge >= 0.3 is 0 Å². The Hall–Kier alpha value is -1.09. The molecule has 1 rings (SSSR count). The van der Waals surface area contributed by atoms with Crippen molar-refractivity contribution in [3.05, 3.63) is 23.8 Å². The molecule has 0 radical (unpaired) electrons. The van der Waals surface area contributed by atoms with E-state index in [1.165, 1.54) is 12.4 Å². The third-order valence-electron chi connectivity index (χ3n) is 1.06. The van der Waals surface area contributed by atoms with E-state index in [1.807, 2.05) is 0 Å². The molecule has 0 unspecified atom stereocenters. The summed E-state index contributed by atoms with van der Waals surface area (Å²) in [6.45, 7) is 3.50. The summed E-state index contributed by atoms with van der Waals surface area (Å²) >= 11 is 5.57. The fourth-order valence-electron chi connectivity index (χ4n) is 0.549. The summed E-state index contributed by atoms with van der Waals surface area (Å²) in [4.78, 5) is 7.49. The van der Waals surface area contributed by atoms with Gasteiger partial charge in [-0.3, -0.25) is 0 Å². The minimum absolute atomic E-state index is 0.268. The second-order valence-electron chi connectivity index (χ2n) is 1.67. The van der Waals surface area contributed by atoms with Gasteiger partial charge in [0.2, 0.25) is 0 Å². The maximum absolute atomic E-state index is 5.57. The van der Waals surface area contributed by atoms with Crippen LogP contribution in [0.15, 0.2) is 12.9 Å². The molecule has 2 N–H and O–H groups in total. The van der Waals surface area contributed by atoms with Gasteiger partial charge in [-0.25, -0.2) is 9.97 Å². The van der Waals surface area contributed by atoms with Gasteiger partial charge in [0, 0.05) is 0 Å². The lowest BCUT2D eigenvalue weighted by atomic mass is 10.3. The molecule has 0 fully saturated rings. The largest absolute Gasteiger partial charge is 0.394 e. The first-order valence-corrected chi connectivity index (χ1v) is 3.02. The van der Waals surface area contributed by atoms with E-state index in [2.05, 4.69) is 16.5 Å². The monoisotopic (exact) mass is 155 g/mol.